The molecule has 1 heterocycles. The first kappa shape index (κ1) is 19.4. The molecule has 0 saturated heterocycles. The van der Waals surface area contributed by atoms with Crippen LogP contribution >= 0.6 is 0 Å². The smallest absolute Gasteiger partial charge is 0.417 e. The molecule has 4 nitrogen and oxygen atoms in total. The minimum atomic E-state index is -4.88. The van der Waals surface area contributed by atoms with Gasteiger partial charge in [-0.3, -0.25) is 9.78 Å². The van der Waals surface area contributed by atoms with Crippen LogP contribution < -0.4 is 0 Å². The molecule has 0 N–H and O–H groups in total. The number of hydrogen-bond donors (Lipinski definition) is 0. The number of para-hydroxylation sites is 1. The Labute approximate surface area is 154 Å². The number of Topliss-reactive ketones (excluding diaryl/α,β-unsaturated/α-hetero) is 1. The van der Waals surface area contributed by atoms with Crippen LogP contribution in [0.4, 0.5) is 22.0 Å². The van der Waals surface area contributed by atoms with Crippen LogP contribution in [0.1, 0.15) is 26.3 Å². The van der Waals surface area contributed by atoms with Crippen molar-refractivity contribution in [3.63, 3.8) is 0 Å². The van der Waals surface area contributed by atoms with Crippen molar-refractivity contribution in [1.82, 2.24) is 4.98 Å². The van der Waals surface area contributed by atoms with Crippen LogP contribution in [-0.2, 0) is 10.9 Å². The molecule has 0 aliphatic carbocycles. The van der Waals surface area contributed by atoms with Crippen LogP contribution in [-0.4, -0.2) is 23.3 Å². The summed E-state index contributed by atoms with van der Waals surface area (Å²) < 4.78 is 71.6. The van der Waals surface area contributed by atoms with E-state index >= 15 is 0 Å². The van der Waals surface area contributed by atoms with Crippen LogP contribution in [0.5, 0.6) is 0 Å². The number of carbonyl (C=O) groups excluding carboxylic acids is 2. The molecule has 0 aliphatic rings. The van der Waals surface area contributed by atoms with Crippen molar-refractivity contribution in [1.29, 1.82) is 0 Å². The number of hydrogen-bond acceptors (Lipinski definition) is 4. The molecule has 1 aromatic heterocycles. The van der Waals surface area contributed by atoms with Gasteiger partial charge in [0.2, 0.25) is 5.78 Å². The van der Waals surface area contributed by atoms with E-state index in [1.54, 1.807) is 0 Å². The van der Waals surface area contributed by atoms with Gasteiger partial charge >= 0.3 is 12.1 Å². The molecule has 0 unspecified atom stereocenters. The summed E-state index contributed by atoms with van der Waals surface area (Å²) in [6.07, 6.45) is -4.18. The fraction of sp³-hybridized carbons (Fsp3) is 0.105. The Kier molecular flexibility index (Phi) is 5.08. The van der Waals surface area contributed by atoms with Gasteiger partial charge in [-0.05, 0) is 18.2 Å². The Morgan fingerprint density at radius 1 is 1.00 bits per heavy atom. The van der Waals surface area contributed by atoms with Gasteiger partial charge in [0.1, 0.15) is 11.6 Å². The number of alkyl halides is 3. The van der Waals surface area contributed by atoms with E-state index in [0.717, 1.165) is 18.2 Å². The lowest BCUT2D eigenvalue weighted by Gasteiger charge is -2.14. The van der Waals surface area contributed by atoms with Gasteiger partial charge in [-0.1, -0.05) is 18.2 Å². The van der Waals surface area contributed by atoms with Gasteiger partial charge < -0.3 is 4.74 Å². The number of esters is 1. The van der Waals surface area contributed by atoms with Crippen molar-refractivity contribution >= 4 is 22.7 Å². The number of aromatic nitrogens is 1. The fourth-order valence-corrected chi connectivity index (χ4v) is 2.60. The van der Waals surface area contributed by atoms with E-state index in [0.29, 0.717) is 12.3 Å². The molecule has 3 aromatic rings. The zero-order valence-electron chi connectivity index (χ0n) is 13.9. The van der Waals surface area contributed by atoms with E-state index in [1.165, 1.54) is 18.2 Å². The third kappa shape index (κ3) is 3.83. The first-order valence-corrected chi connectivity index (χ1v) is 7.79. The van der Waals surface area contributed by atoms with Crippen molar-refractivity contribution in [2.45, 2.75) is 6.18 Å². The average Bonchev–Trinajstić information content (AvgIpc) is 2.64. The summed E-state index contributed by atoms with van der Waals surface area (Å²) in [5, 5.41) is -0.305. The number of nitrogens with zero attached hydrogens (tertiary/aromatic N) is 1. The van der Waals surface area contributed by atoms with Gasteiger partial charge in [-0.2, -0.15) is 13.2 Å². The largest absolute Gasteiger partial charge is 0.454 e. The van der Waals surface area contributed by atoms with E-state index in [2.05, 4.69) is 9.72 Å². The highest BCUT2D eigenvalue weighted by Gasteiger charge is 2.38. The Balaban J connectivity index is 1.88. The van der Waals surface area contributed by atoms with Crippen molar-refractivity contribution in [2.24, 2.45) is 0 Å². The maximum absolute atomic E-state index is 13.6. The zero-order valence-corrected chi connectivity index (χ0v) is 13.9. The summed E-state index contributed by atoms with van der Waals surface area (Å²) in [5.74, 6) is -4.57. The Morgan fingerprint density at radius 2 is 1.71 bits per heavy atom. The SMILES string of the molecule is O=C(COC(=O)c1cnc2ccccc2c1C(F)(F)F)c1ccc(F)cc1F. The highest BCUT2D eigenvalue weighted by Crippen LogP contribution is 2.37. The molecule has 2 aromatic carbocycles. The molecule has 0 bridgehead atoms. The number of benzene rings is 2. The number of fused-ring (bicyclic) bond motifs is 1. The Hall–Kier alpha value is -3.36. The van der Waals surface area contributed by atoms with Crippen LogP contribution in [0.2, 0.25) is 0 Å². The van der Waals surface area contributed by atoms with Gasteiger partial charge in [0.15, 0.2) is 6.61 Å². The third-order valence-corrected chi connectivity index (χ3v) is 3.84. The number of pyridine rings is 1. The normalized spacial score (nSPS) is 11.5. The van der Waals surface area contributed by atoms with Crippen molar-refractivity contribution in [3.8, 4) is 0 Å². The summed E-state index contributed by atoms with van der Waals surface area (Å²) in [6.45, 7) is -1.02. The van der Waals surface area contributed by atoms with Crippen LogP contribution in [0.15, 0.2) is 48.7 Å². The van der Waals surface area contributed by atoms with Gasteiger partial charge in [0, 0.05) is 17.6 Å². The predicted octanol–water partition coefficient (Wildman–Crippen LogP) is 4.57. The molecule has 0 saturated carbocycles. The van der Waals surface area contributed by atoms with Gasteiger partial charge in [-0.15, -0.1) is 0 Å². The van der Waals surface area contributed by atoms with Gasteiger partial charge in [-0.25, -0.2) is 13.6 Å². The standard InChI is InChI=1S/C19H10F5NO3/c20-10-5-6-11(14(21)7-10)16(26)9-28-18(27)13-8-25-15-4-2-1-3-12(15)17(13)19(22,23)24/h1-8H,9H2. The maximum Gasteiger partial charge on any atom is 0.417 e. The molecule has 0 atom stereocenters. The minimum absolute atomic E-state index is 0.0239. The molecule has 9 heteroatoms. The quantitative estimate of drug-likeness (QED) is 0.369. The van der Waals surface area contributed by atoms with E-state index in [-0.39, 0.29) is 10.9 Å². The minimum Gasteiger partial charge on any atom is -0.454 e. The second-order valence-electron chi connectivity index (χ2n) is 5.69. The summed E-state index contributed by atoms with van der Waals surface area (Å²) in [7, 11) is 0. The van der Waals surface area contributed by atoms with Crippen molar-refractivity contribution in [2.75, 3.05) is 6.61 Å². The van der Waals surface area contributed by atoms with E-state index in [9.17, 15) is 31.5 Å². The highest BCUT2D eigenvalue weighted by atomic mass is 19.4. The van der Waals surface area contributed by atoms with Crippen LogP contribution in [0.25, 0.3) is 10.9 Å². The number of ether oxygens (including phenoxy) is 1. The van der Waals surface area contributed by atoms with Gasteiger partial charge in [0.05, 0.1) is 22.2 Å². The zero-order chi connectivity index (χ0) is 20.5. The molecule has 0 radical (unpaired) electrons. The maximum atomic E-state index is 13.6. The summed E-state index contributed by atoms with van der Waals surface area (Å²) in [4.78, 5) is 27.9. The topological polar surface area (TPSA) is 56.3 Å². The molecular formula is C19H10F5NO3. The lowest BCUT2D eigenvalue weighted by molar-refractivity contribution is -0.136. The number of rotatable bonds is 4. The Morgan fingerprint density at radius 3 is 2.39 bits per heavy atom. The molecule has 3 rings (SSSR count). The van der Waals surface area contributed by atoms with E-state index in [1.807, 2.05) is 0 Å². The average molecular weight is 395 g/mol. The number of carbonyl (C=O) groups is 2. The summed E-state index contributed by atoms with van der Waals surface area (Å²) in [6, 6.07) is 7.48. The summed E-state index contributed by atoms with van der Waals surface area (Å²) >= 11 is 0. The lowest BCUT2D eigenvalue weighted by Crippen LogP contribution is -2.20. The lowest BCUT2D eigenvalue weighted by atomic mass is 10.0. The molecule has 0 fully saturated rings. The van der Waals surface area contributed by atoms with Crippen LogP contribution in [0, 0.1) is 11.6 Å². The number of ketones is 1. The number of halogens is 5. The third-order valence-electron chi connectivity index (χ3n) is 3.84. The predicted molar refractivity (Wildman–Crippen MR) is 87.7 cm³/mol. The summed E-state index contributed by atoms with van der Waals surface area (Å²) in [5.41, 5.74) is -2.65. The fourth-order valence-electron chi connectivity index (χ4n) is 2.60. The molecule has 0 amide bonds. The molecule has 144 valence electrons. The molecule has 28 heavy (non-hydrogen) atoms. The van der Waals surface area contributed by atoms with E-state index < -0.39 is 52.9 Å². The Bertz CT molecular complexity index is 1080. The van der Waals surface area contributed by atoms with Crippen LogP contribution in [0.3, 0.4) is 0 Å². The van der Waals surface area contributed by atoms with Crippen molar-refractivity contribution < 1.29 is 36.3 Å². The monoisotopic (exact) mass is 395 g/mol. The van der Waals surface area contributed by atoms with E-state index in [4.69, 9.17) is 0 Å². The van der Waals surface area contributed by atoms with Crippen molar-refractivity contribution in [3.05, 3.63) is 77.0 Å². The molecular weight excluding hydrogens is 385 g/mol. The second kappa shape index (κ2) is 7.34. The first-order valence-electron chi connectivity index (χ1n) is 7.79. The second-order valence-corrected chi connectivity index (χ2v) is 5.69. The van der Waals surface area contributed by atoms with Gasteiger partial charge in [0.25, 0.3) is 0 Å². The molecule has 0 aliphatic heterocycles. The highest BCUT2D eigenvalue weighted by molar-refractivity contribution is 6.01. The molecule has 0 spiro atoms. The first-order chi connectivity index (χ1) is 13.2.